The van der Waals surface area contributed by atoms with Gasteiger partial charge in [0.05, 0.1) is 30.7 Å². The Morgan fingerprint density at radius 3 is 3.05 bits per heavy atom. The second-order valence-electron chi connectivity index (χ2n) is 4.59. The molecule has 3 heterocycles. The molecular formula is C13H16N2O4. The van der Waals surface area contributed by atoms with Crippen molar-refractivity contribution in [3.8, 4) is 5.88 Å². The Morgan fingerprint density at radius 1 is 1.53 bits per heavy atom. The minimum absolute atomic E-state index is 0.179. The number of fused-ring (bicyclic) bond motifs is 1. The molecule has 1 saturated heterocycles. The molecular weight excluding hydrogens is 248 g/mol. The molecule has 0 amide bonds. The lowest BCUT2D eigenvalue weighted by atomic mass is 10.2. The molecule has 0 bridgehead atoms. The fraction of sp³-hybridized carbons (Fsp3) is 0.462. The molecule has 1 aliphatic rings. The van der Waals surface area contributed by atoms with E-state index in [4.69, 9.17) is 14.6 Å². The zero-order valence-corrected chi connectivity index (χ0v) is 10.6. The van der Waals surface area contributed by atoms with Crippen LogP contribution in [0.25, 0.3) is 10.9 Å². The molecule has 2 aromatic rings. The maximum absolute atomic E-state index is 9.80. The molecule has 6 heteroatoms. The molecule has 1 aliphatic heterocycles. The van der Waals surface area contributed by atoms with Crippen molar-refractivity contribution in [1.29, 1.82) is 0 Å². The van der Waals surface area contributed by atoms with Crippen molar-refractivity contribution in [2.75, 3.05) is 13.7 Å². The zero-order chi connectivity index (χ0) is 13.4. The number of nitrogens with zero attached hydrogens (tertiary/aromatic N) is 2. The first-order valence-electron chi connectivity index (χ1n) is 6.18. The number of aliphatic hydroxyl groups excluding tert-OH is 2. The first-order chi connectivity index (χ1) is 9.24. The Hall–Kier alpha value is -1.63. The highest BCUT2D eigenvalue weighted by molar-refractivity contribution is 5.84. The van der Waals surface area contributed by atoms with Crippen molar-refractivity contribution >= 4 is 10.9 Å². The van der Waals surface area contributed by atoms with E-state index >= 15 is 0 Å². The monoisotopic (exact) mass is 264 g/mol. The molecule has 0 aromatic carbocycles. The Labute approximate surface area is 110 Å². The van der Waals surface area contributed by atoms with E-state index < -0.39 is 12.2 Å². The highest BCUT2D eigenvalue weighted by atomic mass is 16.5. The van der Waals surface area contributed by atoms with Gasteiger partial charge in [0.1, 0.15) is 12.3 Å². The van der Waals surface area contributed by atoms with Gasteiger partial charge in [0, 0.05) is 18.8 Å². The van der Waals surface area contributed by atoms with Crippen LogP contribution in [0.1, 0.15) is 12.6 Å². The molecule has 0 spiro atoms. The molecule has 2 aromatic heterocycles. The minimum atomic E-state index is -0.642. The zero-order valence-electron chi connectivity index (χ0n) is 10.6. The summed E-state index contributed by atoms with van der Waals surface area (Å²) in [6.45, 7) is -0.179. The van der Waals surface area contributed by atoms with E-state index in [-0.39, 0.29) is 12.8 Å². The number of rotatable bonds is 3. The molecule has 6 nitrogen and oxygen atoms in total. The van der Waals surface area contributed by atoms with Gasteiger partial charge in [-0.05, 0) is 12.1 Å². The molecule has 1 fully saturated rings. The summed E-state index contributed by atoms with van der Waals surface area (Å²) in [5, 5.41) is 19.8. The number of ether oxygens (including phenoxy) is 2. The van der Waals surface area contributed by atoms with Crippen molar-refractivity contribution < 1.29 is 19.7 Å². The van der Waals surface area contributed by atoms with Crippen LogP contribution in [0.2, 0.25) is 0 Å². The normalized spacial score (nSPS) is 27.0. The number of methoxy groups -OCH3 is 1. The molecule has 3 atom stereocenters. The van der Waals surface area contributed by atoms with Gasteiger partial charge in [-0.25, -0.2) is 4.98 Å². The second-order valence-corrected chi connectivity index (χ2v) is 4.59. The fourth-order valence-electron chi connectivity index (χ4n) is 2.53. The minimum Gasteiger partial charge on any atom is -0.481 e. The van der Waals surface area contributed by atoms with Crippen LogP contribution >= 0.6 is 0 Å². The third-order valence-electron chi connectivity index (χ3n) is 3.50. The summed E-state index contributed by atoms with van der Waals surface area (Å²) in [7, 11) is 1.58. The third kappa shape index (κ3) is 1.98. The summed E-state index contributed by atoms with van der Waals surface area (Å²) in [5.41, 5.74) is 0.933. The van der Waals surface area contributed by atoms with Crippen LogP contribution in [0.5, 0.6) is 5.88 Å². The highest BCUT2D eigenvalue weighted by Gasteiger charge is 2.34. The van der Waals surface area contributed by atoms with Gasteiger partial charge in [0.2, 0.25) is 5.88 Å². The summed E-state index contributed by atoms with van der Waals surface area (Å²) in [5.74, 6) is 0.563. The molecule has 0 saturated carbocycles. The van der Waals surface area contributed by atoms with Crippen molar-refractivity contribution in [2.24, 2.45) is 0 Å². The summed E-state index contributed by atoms with van der Waals surface area (Å²) in [4.78, 5) is 4.15. The Kier molecular flexibility index (Phi) is 3.14. The molecule has 0 aliphatic carbocycles. The van der Waals surface area contributed by atoms with E-state index in [9.17, 15) is 5.11 Å². The third-order valence-corrected chi connectivity index (χ3v) is 3.50. The van der Waals surface area contributed by atoms with E-state index in [1.807, 2.05) is 22.9 Å². The van der Waals surface area contributed by atoms with E-state index in [0.717, 1.165) is 10.9 Å². The SMILES string of the molecule is COc1nccc2c1ccn2[C@@H]1C[C@H](O)[C@@H](CO)O1. The van der Waals surface area contributed by atoms with Crippen molar-refractivity contribution in [3.05, 3.63) is 24.5 Å². The number of hydrogen-bond acceptors (Lipinski definition) is 5. The lowest BCUT2D eigenvalue weighted by molar-refractivity contribution is -0.0429. The standard InChI is InChI=1S/C13H16N2O4/c1-18-13-8-3-5-15(9(8)2-4-14-13)12-6-10(17)11(7-16)19-12/h2-5,10-12,16-17H,6-7H2,1H3/t10-,11+,12-/m0/s1. The molecule has 0 unspecified atom stereocenters. The van der Waals surface area contributed by atoms with Crippen LogP contribution in [-0.2, 0) is 4.74 Å². The Balaban J connectivity index is 1.98. The van der Waals surface area contributed by atoms with E-state index in [0.29, 0.717) is 12.3 Å². The topological polar surface area (TPSA) is 76.7 Å². The van der Waals surface area contributed by atoms with E-state index in [2.05, 4.69) is 4.98 Å². The maximum Gasteiger partial charge on any atom is 0.222 e. The number of hydrogen-bond donors (Lipinski definition) is 2. The molecule has 19 heavy (non-hydrogen) atoms. The largest absolute Gasteiger partial charge is 0.481 e. The van der Waals surface area contributed by atoms with Crippen LogP contribution < -0.4 is 4.74 Å². The average Bonchev–Trinajstić information content (AvgIpc) is 3.01. The van der Waals surface area contributed by atoms with Gasteiger partial charge in [-0.3, -0.25) is 0 Å². The molecule has 3 rings (SSSR count). The summed E-state index contributed by atoms with van der Waals surface area (Å²) in [6, 6.07) is 3.78. The lowest BCUT2D eigenvalue weighted by Gasteiger charge is -2.15. The number of aromatic nitrogens is 2. The lowest BCUT2D eigenvalue weighted by Crippen LogP contribution is -2.24. The van der Waals surface area contributed by atoms with E-state index in [1.165, 1.54) is 0 Å². The summed E-state index contributed by atoms with van der Waals surface area (Å²) >= 11 is 0. The van der Waals surface area contributed by atoms with Crippen molar-refractivity contribution in [3.63, 3.8) is 0 Å². The van der Waals surface area contributed by atoms with Gasteiger partial charge in [-0.15, -0.1) is 0 Å². The number of pyridine rings is 1. The quantitative estimate of drug-likeness (QED) is 0.852. The molecule has 2 N–H and O–H groups in total. The van der Waals surface area contributed by atoms with Gasteiger partial charge in [0.15, 0.2) is 0 Å². The smallest absolute Gasteiger partial charge is 0.222 e. The first-order valence-corrected chi connectivity index (χ1v) is 6.18. The van der Waals surface area contributed by atoms with Gasteiger partial charge in [-0.1, -0.05) is 0 Å². The van der Waals surface area contributed by atoms with E-state index in [1.54, 1.807) is 13.3 Å². The van der Waals surface area contributed by atoms with Crippen LogP contribution in [0.4, 0.5) is 0 Å². The first kappa shape index (κ1) is 12.4. The maximum atomic E-state index is 9.80. The van der Waals surface area contributed by atoms with Gasteiger partial charge >= 0.3 is 0 Å². The Morgan fingerprint density at radius 2 is 2.37 bits per heavy atom. The Bertz CT molecular complexity index is 583. The van der Waals surface area contributed by atoms with Crippen molar-refractivity contribution in [2.45, 2.75) is 24.9 Å². The predicted octanol–water partition coefficient (Wildman–Crippen LogP) is 0.686. The fourth-order valence-corrected chi connectivity index (χ4v) is 2.53. The van der Waals surface area contributed by atoms with Crippen LogP contribution in [0.3, 0.4) is 0 Å². The van der Waals surface area contributed by atoms with Gasteiger partial charge in [0.25, 0.3) is 0 Å². The number of aliphatic hydroxyl groups is 2. The van der Waals surface area contributed by atoms with Crippen LogP contribution in [0, 0.1) is 0 Å². The van der Waals surface area contributed by atoms with Crippen molar-refractivity contribution in [1.82, 2.24) is 9.55 Å². The van der Waals surface area contributed by atoms with Crippen LogP contribution in [0.15, 0.2) is 24.5 Å². The summed E-state index contributed by atoms with van der Waals surface area (Å²) < 4.78 is 12.8. The van der Waals surface area contributed by atoms with Gasteiger partial charge < -0.3 is 24.3 Å². The van der Waals surface area contributed by atoms with Gasteiger partial charge in [-0.2, -0.15) is 0 Å². The summed E-state index contributed by atoms with van der Waals surface area (Å²) in [6.07, 6.45) is 2.57. The van der Waals surface area contributed by atoms with Crippen LogP contribution in [-0.4, -0.2) is 45.7 Å². The second kappa shape index (κ2) is 4.80. The predicted molar refractivity (Wildman–Crippen MR) is 67.9 cm³/mol. The molecule has 0 radical (unpaired) electrons. The average molecular weight is 264 g/mol. The highest BCUT2D eigenvalue weighted by Crippen LogP contribution is 2.33. The molecule has 102 valence electrons.